The number of carbonyl (C=O) groups excluding carboxylic acids is 1. The Morgan fingerprint density at radius 3 is 2.81 bits per heavy atom. The van der Waals surface area contributed by atoms with Crippen LogP contribution >= 0.6 is 0 Å². The van der Waals surface area contributed by atoms with Gasteiger partial charge in [-0.15, -0.1) is 0 Å². The van der Waals surface area contributed by atoms with Crippen molar-refractivity contribution in [1.29, 1.82) is 0 Å². The third kappa shape index (κ3) is 1.58. The van der Waals surface area contributed by atoms with E-state index >= 15 is 0 Å². The summed E-state index contributed by atoms with van der Waals surface area (Å²) in [5, 5.41) is 10.3. The number of fused-ring (bicyclic) bond motifs is 1. The lowest BCUT2D eigenvalue weighted by molar-refractivity contribution is -0.150. The molecule has 0 aliphatic carbocycles. The van der Waals surface area contributed by atoms with E-state index in [2.05, 4.69) is 0 Å². The van der Waals surface area contributed by atoms with Gasteiger partial charge in [-0.25, -0.2) is 0 Å². The van der Waals surface area contributed by atoms with Crippen LogP contribution in [0.4, 0.5) is 5.69 Å². The van der Waals surface area contributed by atoms with Crippen molar-refractivity contribution in [2.45, 2.75) is 6.29 Å². The van der Waals surface area contributed by atoms with Crippen molar-refractivity contribution >= 4 is 11.6 Å². The maximum atomic E-state index is 11.5. The van der Waals surface area contributed by atoms with Crippen LogP contribution in [0.15, 0.2) is 18.2 Å². The van der Waals surface area contributed by atoms with E-state index in [4.69, 9.17) is 14.3 Å². The smallest absolute Gasteiger partial charge is 0.320 e. The molecule has 16 heavy (non-hydrogen) atoms. The van der Waals surface area contributed by atoms with E-state index in [1.165, 1.54) is 14.2 Å². The van der Waals surface area contributed by atoms with Crippen molar-refractivity contribution in [3.05, 3.63) is 18.2 Å². The molecule has 1 aliphatic rings. The van der Waals surface area contributed by atoms with Gasteiger partial charge in [0, 0.05) is 6.07 Å². The summed E-state index contributed by atoms with van der Waals surface area (Å²) in [5.74, 6) is 0.227. The fourth-order valence-electron chi connectivity index (χ4n) is 1.46. The molecule has 1 atom stereocenters. The molecule has 1 amide bonds. The highest BCUT2D eigenvalue weighted by Crippen LogP contribution is 2.36. The number of aliphatic hydroxyl groups is 1. The lowest BCUT2D eigenvalue weighted by atomic mass is 10.2. The minimum atomic E-state index is -1.56. The Kier molecular flexibility index (Phi) is 2.67. The number of carbonyl (C=O) groups is 1. The zero-order valence-electron chi connectivity index (χ0n) is 8.84. The Bertz CT molecular complexity index is 420. The van der Waals surface area contributed by atoms with Crippen LogP contribution in [0.25, 0.3) is 0 Å². The molecule has 1 heterocycles. The van der Waals surface area contributed by atoms with E-state index in [1.807, 2.05) is 0 Å². The number of ether oxygens (including phenoxy) is 2. The SMILES string of the molecule is COc1ccc2c(c1)OC(O)C(=O)N2OC. The molecule has 1 N–H and O–H groups in total. The van der Waals surface area contributed by atoms with Crippen LogP contribution in [0, 0.1) is 0 Å². The number of methoxy groups -OCH3 is 1. The average molecular weight is 225 g/mol. The predicted molar refractivity (Wildman–Crippen MR) is 54.1 cm³/mol. The van der Waals surface area contributed by atoms with E-state index in [1.54, 1.807) is 18.2 Å². The van der Waals surface area contributed by atoms with Gasteiger partial charge in [-0.1, -0.05) is 0 Å². The Hall–Kier alpha value is -1.79. The Morgan fingerprint density at radius 2 is 2.19 bits per heavy atom. The van der Waals surface area contributed by atoms with Gasteiger partial charge in [-0.05, 0) is 12.1 Å². The number of hydrogen-bond acceptors (Lipinski definition) is 5. The topological polar surface area (TPSA) is 68.2 Å². The van der Waals surface area contributed by atoms with Crippen LogP contribution < -0.4 is 14.5 Å². The van der Waals surface area contributed by atoms with E-state index < -0.39 is 12.2 Å². The second-order valence-electron chi connectivity index (χ2n) is 3.12. The highest BCUT2D eigenvalue weighted by Gasteiger charge is 2.33. The molecule has 6 nitrogen and oxygen atoms in total. The minimum absolute atomic E-state index is 0.327. The van der Waals surface area contributed by atoms with Gasteiger partial charge in [0.05, 0.1) is 14.2 Å². The predicted octanol–water partition coefficient (Wildman–Crippen LogP) is 0.300. The summed E-state index contributed by atoms with van der Waals surface area (Å²) >= 11 is 0. The van der Waals surface area contributed by atoms with Gasteiger partial charge in [0.1, 0.15) is 11.4 Å². The number of benzene rings is 1. The molecule has 0 fully saturated rings. The van der Waals surface area contributed by atoms with Gasteiger partial charge in [-0.3, -0.25) is 9.63 Å². The van der Waals surface area contributed by atoms with Crippen molar-refractivity contribution in [3.8, 4) is 11.5 Å². The number of amides is 1. The maximum absolute atomic E-state index is 11.5. The van der Waals surface area contributed by atoms with Gasteiger partial charge >= 0.3 is 5.91 Å². The molecule has 1 unspecified atom stereocenters. The molecular weight excluding hydrogens is 214 g/mol. The third-order valence-corrected chi connectivity index (χ3v) is 2.22. The van der Waals surface area contributed by atoms with Gasteiger partial charge in [-0.2, -0.15) is 5.06 Å². The van der Waals surface area contributed by atoms with E-state index in [9.17, 15) is 9.90 Å². The number of anilines is 1. The third-order valence-electron chi connectivity index (χ3n) is 2.22. The Morgan fingerprint density at radius 1 is 1.44 bits per heavy atom. The summed E-state index contributed by atoms with van der Waals surface area (Å²) in [4.78, 5) is 16.3. The van der Waals surface area contributed by atoms with Crippen LogP contribution in [-0.2, 0) is 9.63 Å². The molecule has 0 spiro atoms. The van der Waals surface area contributed by atoms with Crippen molar-refractivity contribution in [2.24, 2.45) is 0 Å². The second kappa shape index (κ2) is 3.99. The number of aliphatic hydroxyl groups excluding tert-OH is 1. The zero-order chi connectivity index (χ0) is 11.7. The summed E-state index contributed by atoms with van der Waals surface area (Å²) in [6, 6.07) is 4.84. The molecule has 1 aliphatic heterocycles. The summed E-state index contributed by atoms with van der Waals surface area (Å²) in [5.41, 5.74) is 0.429. The lowest BCUT2D eigenvalue weighted by Gasteiger charge is -2.29. The van der Waals surface area contributed by atoms with E-state index in [0.29, 0.717) is 17.2 Å². The normalized spacial score (nSPS) is 19.1. The Balaban J connectivity index is 2.46. The highest BCUT2D eigenvalue weighted by molar-refractivity contribution is 5.97. The number of hydrogen-bond donors (Lipinski definition) is 1. The second-order valence-corrected chi connectivity index (χ2v) is 3.12. The lowest BCUT2D eigenvalue weighted by Crippen LogP contribution is -2.45. The molecule has 1 aromatic carbocycles. The van der Waals surface area contributed by atoms with Crippen LogP contribution in [0.2, 0.25) is 0 Å². The van der Waals surface area contributed by atoms with Crippen molar-refractivity contribution in [3.63, 3.8) is 0 Å². The molecule has 0 bridgehead atoms. The molecule has 2 rings (SSSR count). The van der Waals surface area contributed by atoms with Crippen molar-refractivity contribution < 1.29 is 24.2 Å². The fourth-order valence-corrected chi connectivity index (χ4v) is 1.46. The fraction of sp³-hybridized carbons (Fsp3) is 0.300. The number of rotatable bonds is 2. The monoisotopic (exact) mass is 225 g/mol. The average Bonchev–Trinajstić information content (AvgIpc) is 2.30. The van der Waals surface area contributed by atoms with E-state index in [0.717, 1.165) is 5.06 Å². The zero-order valence-corrected chi connectivity index (χ0v) is 8.84. The first kappa shape index (κ1) is 10.7. The molecule has 1 aromatic rings. The van der Waals surface area contributed by atoms with Gasteiger partial charge in [0.15, 0.2) is 5.75 Å². The highest BCUT2D eigenvalue weighted by atomic mass is 16.7. The van der Waals surface area contributed by atoms with Crippen LogP contribution in [0.1, 0.15) is 0 Å². The number of hydroxylamine groups is 1. The van der Waals surface area contributed by atoms with Crippen LogP contribution in [-0.4, -0.2) is 31.5 Å². The Labute approximate surface area is 91.9 Å². The first-order valence-corrected chi connectivity index (χ1v) is 4.58. The standard InChI is InChI=1S/C10H11NO5/c1-14-6-3-4-7-8(5-6)16-10(13)9(12)11(7)15-2/h3-5,10,13H,1-2H3. The largest absolute Gasteiger partial charge is 0.497 e. The first-order valence-electron chi connectivity index (χ1n) is 4.58. The van der Waals surface area contributed by atoms with Crippen molar-refractivity contribution in [2.75, 3.05) is 19.3 Å². The number of nitrogens with zero attached hydrogens (tertiary/aromatic N) is 1. The minimum Gasteiger partial charge on any atom is -0.497 e. The summed E-state index contributed by atoms with van der Waals surface area (Å²) < 4.78 is 10.0. The molecule has 0 aromatic heterocycles. The first-order chi connectivity index (χ1) is 7.67. The van der Waals surface area contributed by atoms with Gasteiger partial charge in [0.25, 0.3) is 6.29 Å². The van der Waals surface area contributed by atoms with E-state index in [-0.39, 0.29) is 0 Å². The van der Waals surface area contributed by atoms with Crippen LogP contribution in [0.5, 0.6) is 11.5 Å². The molecule has 0 radical (unpaired) electrons. The molecule has 0 saturated heterocycles. The summed E-state index contributed by atoms with van der Waals surface area (Å²) in [6.07, 6.45) is -1.56. The molecule has 86 valence electrons. The quantitative estimate of drug-likeness (QED) is 0.784. The summed E-state index contributed by atoms with van der Waals surface area (Å²) in [6.45, 7) is 0. The van der Waals surface area contributed by atoms with Crippen molar-refractivity contribution in [1.82, 2.24) is 0 Å². The molecule has 0 saturated carbocycles. The molecular formula is C10H11NO5. The van der Waals surface area contributed by atoms with Gasteiger partial charge in [0.2, 0.25) is 0 Å². The maximum Gasteiger partial charge on any atom is 0.320 e. The summed E-state index contributed by atoms with van der Waals surface area (Å²) in [7, 11) is 2.85. The molecule has 6 heteroatoms. The van der Waals surface area contributed by atoms with Crippen LogP contribution in [0.3, 0.4) is 0 Å². The van der Waals surface area contributed by atoms with Gasteiger partial charge < -0.3 is 14.6 Å².